The summed E-state index contributed by atoms with van der Waals surface area (Å²) in [5.41, 5.74) is 5.04. The van der Waals surface area contributed by atoms with Gasteiger partial charge in [-0.25, -0.2) is 4.39 Å². The van der Waals surface area contributed by atoms with E-state index in [0.717, 1.165) is 39.4 Å². The van der Waals surface area contributed by atoms with Crippen molar-refractivity contribution in [2.24, 2.45) is 0 Å². The van der Waals surface area contributed by atoms with E-state index in [1.165, 1.54) is 0 Å². The normalized spacial score (nSPS) is 20.9. The maximum atomic E-state index is 13.6. The molecule has 0 spiro atoms. The van der Waals surface area contributed by atoms with Gasteiger partial charge >= 0.3 is 0 Å². The molecule has 2 atom stereocenters. The quantitative estimate of drug-likeness (QED) is 0.734. The SMILES string of the molecule is O[C@@H]1CN(Cc2cccc(-c3ccnc(-c4ccc5c(c4)OCO5)c3)c2)C[C@H]1F. The van der Waals surface area contributed by atoms with E-state index in [1.54, 1.807) is 6.20 Å². The van der Waals surface area contributed by atoms with Gasteiger partial charge < -0.3 is 14.6 Å². The monoisotopic (exact) mass is 392 g/mol. The summed E-state index contributed by atoms with van der Waals surface area (Å²) in [6, 6.07) is 18.0. The lowest BCUT2D eigenvalue weighted by atomic mass is 10.0. The number of fused-ring (bicyclic) bond motifs is 1. The molecule has 1 saturated heterocycles. The summed E-state index contributed by atoms with van der Waals surface area (Å²) in [4.78, 5) is 6.45. The Balaban J connectivity index is 1.39. The Kier molecular flexibility index (Phi) is 4.66. The van der Waals surface area contributed by atoms with Crippen molar-refractivity contribution in [1.82, 2.24) is 9.88 Å². The lowest BCUT2D eigenvalue weighted by molar-refractivity contribution is 0.115. The number of hydrogen-bond acceptors (Lipinski definition) is 5. The first-order valence-electron chi connectivity index (χ1n) is 9.65. The van der Waals surface area contributed by atoms with Crippen molar-refractivity contribution in [1.29, 1.82) is 0 Å². The zero-order valence-corrected chi connectivity index (χ0v) is 15.8. The Labute approximate surface area is 168 Å². The van der Waals surface area contributed by atoms with Gasteiger partial charge in [-0.1, -0.05) is 18.2 Å². The molecule has 1 aromatic heterocycles. The molecule has 0 amide bonds. The minimum atomic E-state index is -1.16. The van der Waals surface area contributed by atoms with Crippen LogP contribution in [0.25, 0.3) is 22.4 Å². The lowest BCUT2D eigenvalue weighted by Crippen LogP contribution is -2.21. The largest absolute Gasteiger partial charge is 0.454 e. The minimum absolute atomic E-state index is 0.246. The van der Waals surface area contributed by atoms with Gasteiger partial charge in [0.15, 0.2) is 11.5 Å². The Morgan fingerprint density at radius 1 is 0.966 bits per heavy atom. The molecule has 5 rings (SSSR count). The molecule has 148 valence electrons. The van der Waals surface area contributed by atoms with Crippen LogP contribution in [0.15, 0.2) is 60.8 Å². The summed E-state index contributed by atoms with van der Waals surface area (Å²) in [5, 5.41) is 9.64. The topological polar surface area (TPSA) is 54.8 Å². The molecule has 3 aromatic rings. The average molecular weight is 392 g/mol. The Morgan fingerprint density at radius 3 is 2.69 bits per heavy atom. The van der Waals surface area contributed by atoms with Crippen molar-refractivity contribution in [3.05, 3.63) is 66.4 Å². The van der Waals surface area contributed by atoms with E-state index in [-0.39, 0.29) is 13.3 Å². The molecule has 29 heavy (non-hydrogen) atoms. The van der Waals surface area contributed by atoms with E-state index in [0.29, 0.717) is 13.1 Å². The molecule has 5 nitrogen and oxygen atoms in total. The van der Waals surface area contributed by atoms with Gasteiger partial charge in [-0.05, 0) is 53.1 Å². The summed E-state index contributed by atoms with van der Waals surface area (Å²) in [6.07, 6.45) is -0.253. The number of aliphatic hydroxyl groups excluding tert-OH is 1. The molecule has 0 unspecified atom stereocenters. The van der Waals surface area contributed by atoms with Gasteiger partial charge in [-0.2, -0.15) is 0 Å². The highest BCUT2D eigenvalue weighted by atomic mass is 19.1. The van der Waals surface area contributed by atoms with Gasteiger partial charge in [0.25, 0.3) is 0 Å². The van der Waals surface area contributed by atoms with Crippen LogP contribution in [0.4, 0.5) is 4.39 Å². The number of halogens is 1. The zero-order chi connectivity index (χ0) is 19.8. The van der Waals surface area contributed by atoms with Gasteiger partial charge in [0.2, 0.25) is 6.79 Å². The van der Waals surface area contributed by atoms with Crippen molar-refractivity contribution in [3.63, 3.8) is 0 Å². The van der Waals surface area contributed by atoms with Crippen LogP contribution in [0.2, 0.25) is 0 Å². The van der Waals surface area contributed by atoms with E-state index in [1.807, 2.05) is 47.4 Å². The number of likely N-dealkylation sites (tertiary alicyclic amines) is 1. The third-order valence-corrected chi connectivity index (χ3v) is 5.39. The van der Waals surface area contributed by atoms with E-state index in [2.05, 4.69) is 17.1 Å². The number of β-amino-alcohol motifs (C(OH)–C–C–N with tert-alkyl or cyclic N) is 1. The molecule has 2 aromatic carbocycles. The second-order valence-corrected chi connectivity index (χ2v) is 7.48. The standard InChI is InChI=1S/C23H21FN2O3/c24-19-12-26(13-21(19)27)11-15-2-1-3-16(8-15)17-6-7-25-20(9-17)18-4-5-22-23(10-18)29-14-28-22/h1-10,19,21,27H,11-14H2/t19-,21-/m1/s1. The first-order valence-corrected chi connectivity index (χ1v) is 9.65. The third kappa shape index (κ3) is 3.69. The molecule has 1 N–H and O–H groups in total. The fourth-order valence-corrected chi connectivity index (χ4v) is 3.88. The van der Waals surface area contributed by atoms with Crippen LogP contribution in [-0.4, -0.2) is 47.1 Å². The summed E-state index contributed by atoms with van der Waals surface area (Å²) < 4.78 is 24.4. The number of benzene rings is 2. The smallest absolute Gasteiger partial charge is 0.231 e. The number of alkyl halides is 1. The molecule has 2 aliphatic heterocycles. The van der Waals surface area contributed by atoms with E-state index in [9.17, 15) is 9.50 Å². The fraction of sp³-hybridized carbons (Fsp3) is 0.261. The molecule has 0 radical (unpaired) electrons. The highest BCUT2D eigenvalue weighted by Gasteiger charge is 2.30. The predicted molar refractivity (Wildman–Crippen MR) is 107 cm³/mol. The number of hydrogen-bond donors (Lipinski definition) is 1. The van der Waals surface area contributed by atoms with Crippen LogP contribution >= 0.6 is 0 Å². The molecule has 6 heteroatoms. The molecular formula is C23H21FN2O3. The number of aliphatic hydroxyl groups is 1. The maximum absolute atomic E-state index is 13.6. The van der Waals surface area contributed by atoms with Crippen LogP contribution in [-0.2, 0) is 6.54 Å². The van der Waals surface area contributed by atoms with Gasteiger partial charge in [-0.15, -0.1) is 0 Å². The van der Waals surface area contributed by atoms with Gasteiger partial charge in [0.1, 0.15) is 6.17 Å². The fourth-order valence-electron chi connectivity index (χ4n) is 3.88. The van der Waals surface area contributed by atoms with Crippen LogP contribution in [0.5, 0.6) is 11.5 Å². The summed E-state index contributed by atoms with van der Waals surface area (Å²) in [5.74, 6) is 1.48. The molecule has 3 heterocycles. The van der Waals surface area contributed by atoms with Crippen LogP contribution < -0.4 is 9.47 Å². The van der Waals surface area contributed by atoms with Crippen LogP contribution in [0.1, 0.15) is 5.56 Å². The van der Waals surface area contributed by atoms with E-state index < -0.39 is 12.3 Å². The average Bonchev–Trinajstić information content (AvgIpc) is 3.33. The second-order valence-electron chi connectivity index (χ2n) is 7.48. The molecule has 0 saturated carbocycles. The Bertz CT molecular complexity index is 1030. The molecule has 1 fully saturated rings. The number of pyridine rings is 1. The summed E-state index contributed by atoms with van der Waals surface area (Å²) >= 11 is 0. The Hall–Kier alpha value is -2.96. The highest BCUT2D eigenvalue weighted by Crippen LogP contribution is 2.36. The lowest BCUT2D eigenvalue weighted by Gasteiger charge is -2.15. The highest BCUT2D eigenvalue weighted by molar-refractivity contribution is 5.72. The van der Waals surface area contributed by atoms with E-state index >= 15 is 0 Å². The van der Waals surface area contributed by atoms with Gasteiger partial charge in [0.05, 0.1) is 11.8 Å². The summed E-state index contributed by atoms with van der Waals surface area (Å²) in [6.45, 7) is 1.51. The second kappa shape index (κ2) is 7.46. The van der Waals surface area contributed by atoms with Gasteiger partial charge in [0, 0.05) is 31.4 Å². The number of aromatic nitrogens is 1. The number of rotatable bonds is 4. The molecule has 2 aliphatic rings. The first kappa shape index (κ1) is 18.1. The molecular weight excluding hydrogens is 371 g/mol. The van der Waals surface area contributed by atoms with Crippen molar-refractivity contribution >= 4 is 0 Å². The zero-order valence-electron chi connectivity index (χ0n) is 15.8. The van der Waals surface area contributed by atoms with Crippen molar-refractivity contribution in [2.45, 2.75) is 18.8 Å². The van der Waals surface area contributed by atoms with E-state index in [4.69, 9.17) is 9.47 Å². The van der Waals surface area contributed by atoms with Gasteiger partial charge in [-0.3, -0.25) is 9.88 Å². The first-order chi connectivity index (χ1) is 14.2. The van der Waals surface area contributed by atoms with Crippen molar-refractivity contribution < 1.29 is 19.0 Å². The third-order valence-electron chi connectivity index (χ3n) is 5.39. The van der Waals surface area contributed by atoms with Crippen LogP contribution in [0.3, 0.4) is 0 Å². The van der Waals surface area contributed by atoms with Crippen LogP contribution in [0, 0.1) is 0 Å². The van der Waals surface area contributed by atoms with Crippen molar-refractivity contribution in [3.8, 4) is 33.9 Å². The molecule has 0 aliphatic carbocycles. The van der Waals surface area contributed by atoms with Crippen molar-refractivity contribution in [2.75, 3.05) is 19.9 Å². The minimum Gasteiger partial charge on any atom is -0.454 e. The number of nitrogens with zero attached hydrogens (tertiary/aromatic N) is 2. The number of ether oxygens (including phenoxy) is 2. The Morgan fingerprint density at radius 2 is 1.83 bits per heavy atom. The molecule has 0 bridgehead atoms. The summed E-state index contributed by atoms with van der Waals surface area (Å²) in [7, 11) is 0. The maximum Gasteiger partial charge on any atom is 0.231 e. The predicted octanol–water partition coefficient (Wildman–Crippen LogP) is 3.66.